The fraction of sp³-hybridized carbons (Fsp3) is 0.435. The van der Waals surface area contributed by atoms with Crippen LogP contribution in [0, 0.1) is 5.92 Å². The zero-order valence-corrected chi connectivity index (χ0v) is 20.1. The highest BCUT2D eigenvalue weighted by molar-refractivity contribution is 7.89. The molecule has 1 aliphatic rings. The molecule has 1 N–H and O–H groups in total. The van der Waals surface area contributed by atoms with Crippen molar-refractivity contribution < 1.29 is 32.2 Å². The van der Waals surface area contributed by atoms with Gasteiger partial charge in [-0.3, -0.25) is 4.79 Å². The second-order valence-corrected chi connectivity index (χ2v) is 9.42. The van der Waals surface area contributed by atoms with Gasteiger partial charge in [-0.15, -0.1) is 0 Å². The number of sulfonamides is 1. The summed E-state index contributed by atoms with van der Waals surface area (Å²) in [7, 11) is 0.776. The molecule has 0 bridgehead atoms. The van der Waals surface area contributed by atoms with Crippen LogP contribution in [0.15, 0.2) is 41.3 Å². The van der Waals surface area contributed by atoms with Crippen LogP contribution in [-0.4, -0.2) is 59.7 Å². The standard InChI is InChI=1S/C23H30N2O7S/c1-5-32-20-8-6-17(14-21(20)30-3)24-23(26)16-10-12-25(13-11-16)33(27,28)18-7-9-19(29-2)22(15-18)31-4/h6-9,14-16H,5,10-13H2,1-4H3,(H,24,26). The normalized spacial score (nSPS) is 15.0. The Labute approximate surface area is 194 Å². The quantitative estimate of drug-likeness (QED) is 0.590. The maximum absolute atomic E-state index is 13.1. The van der Waals surface area contributed by atoms with Crippen molar-refractivity contribution in [2.75, 3.05) is 46.3 Å². The molecule has 0 unspecified atom stereocenters. The summed E-state index contributed by atoms with van der Waals surface area (Å²) >= 11 is 0. The summed E-state index contributed by atoms with van der Waals surface area (Å²) < 4.78 is 48.8. The summed E-state index contributed by atoms with van der Waals surface area (Å²) in [6, 6.07) is 9.72. The molecule has 0 atom stereocenters. The van der Waals surface area contributed by atoms with Crippen LogP contribution in [0.4, 0.5) is 5.69 Å². The van der Waals surface area contributed by atoms with Gasteiger partial charge in [0, 0.05) is 36.8 Å². The molecule has 180 valence electrons. The van der Waals surface area contributed by atoms with Gasteiger partial charge < -0.3 is 24.3 Å². The number of anilines is 1. The van der Waals surface area contributed by atoms with Crippen molar-refractivity contribution in [2.45, 2.75) is 24.7 Å². The van der Waals surface area contributed by atoms with Gasteiger partial charge in [0.25, 0.3) is 0 Å². The molecule has 3 rings (SSSR count). The topological polar surface area (TPSA) is 103 Å². The Hall–Kier alpha value is -2.98. The Bertz CT molecular complexity index is 1080. The molecule has 0 radical (unpaired) electrons. The molecular weight excluding hydrogens is 448 g/mol. The zero-order valence-electron chi connectivity index (χ0n) is 19.3. The van der Waals surface area contributed by atoms with Gasteiger partial charge in [-0.05, 0) is 44.0 Å². The largest absolute Gasteiger partial charge is 0.493 e. The van der Waals surface area contributed by atoms with Gasteiger partial charge in [0.15, 0.2) is 23.0 Å². The lowest BCUT2D eigenvalue weighted by molar-refractivity contribution is -0.120. The number of ether oxygens (including phenoxy) is 4. The zero-order chi connectivity index (χ0) is 24.0. The number of nitrogens with zero attached hydrogens (tertiary/aromatic N) is 1. The van der Waals surface area contributed by atoms with Crippen LogP contribution in [0.25, 0.3) is 0 Å². The van der Waals surface area contributed by atoms with Crippen molar-refractivity contribution in [3.05, 3.63) is 36.4 Å². The monoisotopic (exact) mass is 478 g/mol. The molecule has 1 saturated heterocycles. The lowest BCUT2D eigenvalue weighted by Crippen LogP contribution is -2.41. The molecule has 10 heteroatoms. The van der Waals surface area contributed by atoms with Crippen molar-refractivity contribution in [3.8, 4) is 23.0 Å². The second-order valence-electron chi connectivity index (χ2n) is 7.48. The summed E-state index contributed by atoms with van der Waals surface area (Å²) in [6.07, 6.45) is 0.846. The van der Waals surface area contributed by atoms with Crippen molar-refractivity contribution in [1.29, 1.82) is 0 Å². The number of benzene rings is 2. The number of rotatable bonds is 9. The molecule has 0 saturated carbocycles. The van der Waals surface area contributed by atoms with E-state index in [1.807, 2.05) is 6.92 Å². The summed E-state index contributed by atoms with van der Waals surface area (Å²) in [5.41, 5.74) is 0.598. The summed E-state index contributed by atoms with van der Waals surface area (Å²) in [4.78, 5) is 12.9. The molecule has 2 aromatic rings. The molecular formula is C23H30N2O7S. The van der Waals surface area contributed by atoms with E-state index in [0.29, 0.717) is 48.1 Å². The number of hydrogen-bond donors (Lipinski definition) is 1. The Morgan fingerprint density at radius 3 is 2.15 bits per heavy atom. The summed E-state index contributed by atoms with van der Waals surface area (Å²) in [5.74, 6) is 1.50. The number of amides is 1. The Kier molecular flexibility index (Phi) is 8.04. The first-order chi connectivity index (χ1) is 15.8. The molecule has 1 fully saturated rings. The number of carbonyl (C=O) groups is 1. The number of methoxy groups -OCH3 is 3. The van der Waals surface area contributed by atoms with E-state index in [4.69, 9.17) is 18.9 Å². The van der Waals surface area contributed by atoms with Crippen molar-refractivity contribution >= 4 is 21.6 Å². The fourth-order valence-corrected chi connectivity index (χ4v) is 5.23. The first kappa shape index (κ1) is 24.7. The minimum Gasteiger partial charge on any atom is -0.493 e. The van der Waals surface area contributed by atoms with E-state index in [9.17, 15) is 13.2 Å². The molecule has 0 aromatic heterocycles. The third-order valence-electron chi connectivity index (χ3n) is 5.55. The molecule has 1 aliphatic heterocycles. The van der Waals surface area contributed by atoms with E-state index >= 15 is 0 Å². The minimum atomic E-state index is -3.71. The van der Waals surface area contributed by atoms with E-state index < -0.39 is 10.0 Å². The lowest BCUT2D eigenvalue weighted by atomic mass is 9.97. The first-order valence-electron chi connectivity index (χ1n) is 10.7. The SMILES string of the molecule is CCOc1ccc(NC(=O)C2CCN(S(=O)(=O)c3ccc(OC)c(OC)c3)CC2)cc1OC. The third-order valence-corrected chi connectivity index (χ3v) is 7.44. The third kappa shape index (κ3) is 5.51. The number of hydrogen-bond acceptors (Lipinski definition) is 7. The maximum Gasteiger partial charge on any atom is 0.243 e. The van der Waals surface area contributed by atoms with Crippen molar-refractivity contribution in [3.63, 3.8) is 0 Å². The van der Waals surface area contributed by atoms with Crippen LogP contribution in [0.3, 0.4) is 0 Å². The average Bonchev–Trinajstić information content (AvgIpc) is 2.84. The van der Waals surface area contributed by atoms with Gasteiger partial charge >= 0.3 is 0 Å². The molecule has 1 amide bonds. The van der Waals surface area contributed by atoms with Gasteiger partial charge in [0.2, 0.25) is 15.9 Å². The fourth-order valence-electron chi connectivity index (χ4n) is 3.75. The summed E-state index contributed by atoms with van der Waals surface area (Å²) in [6.45, 7) is 2.89. The van der Waals surface area contributed by atoms with Crippen LogP contribution in [0.2, 0.25) is 0 Å². The van der Waals surface area contributed by atoms with E-state index in [1.54, 1.807) is 24.3 Å². The lowest BCUT2D eigenvalue weighted by Gasteiger charge is -2.30. The molecule has 33 heavy (non-hydrogen) atoms. The average molecular weight is 479 g/mol. The van der Waals surface area contributed by atoms with Gasteiger partial charge in [-0.25, -0.2) is 8.42 Å². The van der Waals surface area contributed by atoms with Gasteiger partial charge in [0.05, 0.1) is 32.8 Å². The Morgan fingerprint density at radius 1 is 0.939 bits per heavy atom. The molecule has 1 heterocycles. The molecule has 0 spiro atoms. The van der Waals surface area contributed by atoms with Crippen LogP contribution >= 0.6 is 0 Å². The number of nitrogens with one attached hydrogen (secondary N) is 1. The van der Waals surface area contributed by atoms with Crippen molar-refractivity contribution in [1.82, 2.24) is 4.31 Å². The van der Waals surface area contributed by atoms with Gasteiger partial charge in [-0.1, -0.05) is 0 Å². The number of carbonyl (C=O) groups excluding carboxylic acids is 1. The van der Waals surface area contributed by atoms with Gasteiger partial charge in [0.1, 0.15) is 0 Å². The highest BCUT2D eigenvalue weighted by Gasteiger charge is 2.32. The van der Waals surface area contributed by atoms with E-state index in [1.165, 1.54) is 37.8 Å². The van der Waals surface area contributed by atoms with E-state index in [0.717, 1.165) is 0 Å². The maximum atomic E-state index is 13.1. The second kappa shape index (κ2) is 10.8. The summed E-state index contributed by atoms with van der Waals surface area (Å²) in [5, 5.41) is 2.90. The molecule has 2 aromatic carbocycles. The molecule has 9 nitrogen and oxygen atoms in total. The Morgan fingerprint density at radius 2 is 1.55 bits per heavy atom. The highest BCUT2D eigenvalue weighted by Crippen LogP contribution is 2.33. The minimum absolute atomic E-state index is 0.129. The number of piperidine rings is 1. The predicted molar refractivity (Wildman–Crippen MR) is 124 cm³/mol. The predicted octanol–water partition coefficient (Wildman–Crippen LogP) is 3.15. The Balaban J connectivity index is 1.64. The van der Waals surface area contributed by atoms with Crippen LogP contribution < -0.4 is 24.3 Å². The van der Waals surface area contributed by atoms with Gasteiger partial charge in [-0.2, -0.15) is 4.31 Å². The van der Waals surface area contributed by atoms with Crippen LogP contribution in [-0.2, 0) is 14.8 Å². The van der Waals surface area contributed by atoms with E-state index in [-0.39, 0.29) is 29.8 Å². The van der Waals surface area contributed by atoms with Crippen molar-refractivity contribution in [2.24, 2.45) is 5.92 Å². The smallest absolute Gasteiger partial charge is 0.243 e. The van der Waals surface area contributed by atoms with Crippen LogP contribution in [0.1, 0.15) is 19.8 Å². The first-order valence-corrected chi connectivity index (χ1v) is 12.1. The van der Waals surface area contributed by atoms with Crippen LogP contribution in [0.5, 0.6) is 23.0 Å². The van der Waals surface area contributed by atoms with E-state index in [2.05, 4.69) is 5.32 Å². The molecule has 0 aliphatic carbocycles. The highest BCUT2D eigenvalue weighted by atomic mass is 32.2.